The van der Waals surface area contributed by atoms with Crippen LogP contribution in [0.5, 0.6) is 0 Å². The van der Waals surface area contributed by atoms with Gasteiger partial charge in [0.2, 0.25) is 5.91 Å². The zero-order valence-corrected chi connectivity index (χ0v) is 13.1. The molecule has 2 fully saturated rings. The molecule has 1 amide bonds. The van der Waals surface area contributed by atoms with Gasteiger partial charge in [0.1, 0.15) is 0 Å². The van der Waals surface area contributed by atoms with Crippen LogP contribution >= 0.6 is 15.9 Å². The van der Waals surface area contributed by atoms with E-state index in [1.54, 1.807) is 0 Å². The normalized spacial score (nSPS) is 30.4. The minimum Gasteiger partial charge on any atom is -0.339 e. The number of rotatable bonds is 3. The van der Waals surface area contributed by atoms with Gasteiger partial charge in [-0.1, -0.05) is 48.5 Å². The summed E-state index contributed by atoms with van der Waals surface area (Å²) in [6.07, 6.45) is 9.92. The Morgan fingerprint density at radius 3 is 2.44 bits per heavy atom. The van der Waals surface area contributed by atoms with E-state index in [1.807, 2.05) is 0 Å². The Hall–Kier alpha value is -0.0500. The minimum absolute atomic E-state index is 0.413. The van der Waals surface area contributed by atoms with Gasteiger partial charge in [-0.15, -0.1) is 0 Å². The van der Waals surface area contributed by atoms with Crippen molar-refractivity contribution in [1.29, 1.82) is 0 Å². The molecule has 0 bridgehead atoms. The lowest BCUT2D eigenvalue weighted by Crippen LogP contribution is -2.39. The van der Waals surface area contributed by atoms with Crippen LogP contribution in [0.3, 0.4) is 0 Å². The van der Waals surface area contributed by atoms with Crippen molar-refractivity contribution in [2.24, 2.45) is 11.8 Å². The lowest BCUT2D eigenvalue weighted by molar-refractivity contribution is -0.133. The number of hydrogen-bond donors (Lipinski definition) is 0. The average Bonchev–Trinajstić information content (AvgIpc) is 2.57. The zero-order chi connectivity index (χ0) is 13.0. The number of carbonyl (C=O) groups excluding carboxylic acids is 1. The summed E-state index contributed by atoms with van der Waals surface area (Å²) in [5.41, 5.74) is 0. The Labute approximate surface area is 120 Å². The van der Waals surface area contributed by atoms with Crippen molar-refractivity contribution in [1.82, 2.24) is 4.90 Å². The van der Waals surface area contributed by atoms with Crippen LogP contribution in [0.1, 0.15) is 58.3 Å². The molecular weight excluding hydrogens is 290 g/mol. The van der Waals surface area contributed by atoms with Crippen LogP contribution in [0.4, 0.5) is 0 Å². The smallest absolute Gasteiger partial charge is 0.223 e. The second kappa shape index (κ2) is 6.93. The quantitative estimate of drug-likeness (QED) is 0.570. The molecule has 0 N–H and O–H groups in total. The Balaban J connectivity index is 1.86. The fourth-order valence-corrected chi connectivity index (χ4v) is 4.47. The number of hydrogen-bond acceptors (Lipinski definition) is 1. The maximum Gasteiger partial charge on any atom is 0.223 e. The van der Waals surface area contributed by atoms with Gasteiger partial charge >= 0.3 is 0 Å². The second-order valence-electron chi connectivity index (χ2n) is 6.14. The van der Waals surface area contributed by atoms with E-state index in [9.17, 15) is 4.79 Å². The Kier molecular flexibility index (Phi) is 5.53. The molecule has 2 atom stereocenters. The Morgan fingerprint density at radius 1 is 1.17 bits per heavy atom. The van der Waals surface area contributed by atoms with Gasteiger partial charge in [0, 0.05) is 24.3 Å². The van der Waals surface area contributed by atoms with Gasteiger partial charge in [-0.3, -0.25) is 4.79 Å². The van der Waals surface area contributed by atoms with Crippen molar-refractivity contribution in [2.45, 2.75) is 64.3 Å². The highest BCUT2D eigenvalue weighted by molar-refractivity contribution is 9.09. The van der Waals surface area contributed by atoms with E-state index in [0.717, 1.165) is 18.3 Å². The van der Waals surface area contributed by atoms with E-state index in [-0.39, 0.29) is 0 Å². The molecule has 104 valence electrons. The lowest BCUT2D eigenvalue weighted by Gasteiger charge is -2.27. The molecule has 1 saturated carbocycles. The standard InChI is InChI=1S/C15H26BrNO/c1-12-8-9-17(14(12)11-16)15(18)10-13-6-4-2-3-5-7-13/h12-14H,2-11H2,1H3. The molecule has 2 aliphatic rings. The highest BCUT2D eigenvalue weighted by Crippen LogP contribution is 2.30. The molecule has 2 nitrogen and oxygen atoms in total. The third kappa shape index (κ3) is 3.49. The van der Waals surface area contributed by atoms with E-state index < -0.39 is 0 Å². The number of amides is 1. The van der Waals surface area contributed by atoms with E-state index in [0.29, 0.717) is 23.8 Å². The Morgan fingerprint density at radius 2 is 1.83 bits per heavy atom. The minimum atomic E-state index is 0.413. The van der Waals surface area contributed by atoms with Crippen LogP contribution in [0.2, 0.25) is 0 Å². The van der Waals surface area contributed by atoms with Crippen molar-refractivity contribution in [3.8, 4) is 0 Å². The first-order valence-corrected chi connectivity index (χ1v) is 8.70. The lowest BCUT2D eigenvalue weighted by atomic mass is 9.95. The highest BCUT2D eigenvalue weighted by atomic mass is 79.9. The van der Waals surface area contributed by atoms with Crippen LogP contribution in [0.15, 0.2) is 0 Å². The van der Waals surface area contributed by atoms with Crippen LogP contribution in [0, 0.1) is 11.8 Å². The second-order valence-corrected chi connectivity index (χ2v) is 6.78. The molecule has 2 rings (SSSR count). The van der Waals surface area contributed by atoms with Crippen molar-refractivity contribution in [3.63, 3.8) is 0 Å². The maximum absolute atomic E-state index is 12.4. The molecular formula is C15H26BrNO. The number of halogens is 1. The molecule has 1 heterocycles. The van der Waals surface area contributed by atoms with Crippen LogP contribution in [0.25, 0.3) is 0 Å². The summed E-state index contributed by atoms with van der Waals surface area (Å²) in [7, 11) is 0. The summed E-state index contributed by atoms with van der Waals surface area (Å²) in [4.78, 5) is 14.6. The van der Waals surface area contributed by atoms with Gasteiger partial charge in [-0.2, -0.15) is 0 Å². The van der Waals surface area contributed by atoms with E-state index in [4.69, 9.17) is 0 Å². The number of nitrogens with zero attached hydrogens (tertiary/aromatic N) is 1. The largest absolute Gasteiger partial charge is 0.339 e. The number of likely N-dealkylation sites (tertiary alicyclic amines) is 1. The molecule has 3 heteroatoms. The first-order valence-electron chi connectivity index (χ1n) is 7.57. The molecule has 1 aliphatic heterocycles. The molecule has 0 aromatic rings. The van der Waals surface area contributed by atoms with Crippen molar-refractivity contribution >= 4 is 21.8 Å². The third-order valence-corrected chi connectivity index (χ3v) is 5.46. The van der Waals surface area contributed by atoms with Gasteiger partial charge in [-0.05, 0) is 31.1 Å². The molecule has 18 heavy (non-hydrogen) atoms. The van der Waals surface area contributed by atoms with Crippen molar-refractivity contribution < 1.29 is 4.79 Å². The van der Waals surface area contributed by atoms with Gasteiger partial charge in [0.05, 0.1) is 0 Å². The summed E-state index contributed by atoms with van der Waals surface area (Å²) >= 11 is 3.57. The summed E-state index contributed by atoms with van der Waals surface area (Å²) in [5.74, 6) is 1.73. The maximum atomic E-state index is 12.4. The molecule has 0 aromatic heterocycles. The van der Waals surface area contributed by atoms with Crippen molar-refractivity contribution in [3.05, 3.63) is 0 Å². The van der Waals surface area contributed by atoms with Crippen LogP contribution < -0.4 is 0 Å². The Bertz CT molecular complexity index is 274. The summed E-state index contributed by atoms with van der Waals surface area (Å²) in [6.45, 7) is 3.24. The fraction of sp³-hybridized carbons (Fsp3) is 0.933. The molecule has 1 saturated heterocycles. The molecule has 2 unspecified atom stereocenters. The number of alkyl halides is 1. The summed E-state index contributed by atoms with van der Waals surface area (Å²) < 4.78 is 0. The van der Waals surface area contributed by atoms with E-state index >= 15 is 0 Å². The zero-order valence-electron chi connectivity index (χ0n) is 11.5. The molecule has 0 radical (unpaired) electrons. The predicted molar refractivity (Wildman–Crippen MR) is 78.9 cm³/mol. The van der Waals surface area contributed by atoms with Crippen molar-refractivity contribution in [2.75, 3.05) is 11.9 Å². The molecule has 1 aliphatic carbocycles. The van der Waals surface area contributed by atoms with E-state index in [1.165, 1.54) is 44.9 Å². The van der Waals surface area contributed by atoms with E-state index in [2.05, 4.69) is 27.8 Å². The first kappa shape index (κ1) is 14.4. The summed E-state index contributed by atoms with van der Waals surface area (Å²) in [5, 5.41) is 0.935. The highest BCUT2D eigenvalue weighted by Gasteiger charge is 2.34. The van der Waals surface area contributed by atoms with Gasteiger partial charge in [0.25, 0.3) is 0 Å². The first-order chi connectivity index (χ1) is 8.72. The molecule has 0 aromatic carbocycles. The number of carbonyl (C=O) groups is 1. The average molecular weight is 316 g/mol. The van der Waals surface area contributed by atoms with Crippen LogP contribution in [-0.2, 0) is 4.79 Å². The SMILES string of the molecule is CC1CCN(C(=O)CC2CCCCCC2)C1CBr. The van der Waals surface area contributed by atoms with Crippen LogP contribution in [-0.4, -0.2) is 28.7 Å². The predicted octanol–water partition coefficient (Wildman–Crippen LogP) is 3.98. The van der Waals surface area contributed by atoms with Gasteiger partial charge in [-0.25, -0.2) is 0 Å². The summed E-state index contributed by atoms with van der Waals surface area (Å²) in [6, 6.07) is 0.434. The topological polar surface area (TPSA) is 20.3 Å². The fourth-order valence-electron chi connectivity index (χ4n) is 3.49. The molecule has 0 spiro atoms. The van der Waals surface area contributed by atoms with Gasteiger partial charge in [0.15, 0.2) is 0 Å². The third-order valence-electron chi connectivity index (χ3n) is 4.80. The monoisotopic (exact) mass is 315 g/mol. The van der Waals surface area contributed by atoms with Gasteiger partial charge < -0.3 is 4.90 Å².